The number of allylic oxidation sites excluding steroid dienone is 2. The lowest BCUT2D eigenvalue weighted by Crippen LogP contribution is -2.17. The number of aliphatic hydroxyl groups excluding tert-OH is 1. The summed E-state index contributed by atoms with van der Waals surface area (Å²) >= 11 is 0. The van der Waals surface area contributed by atoms with Crippen LogP contribution in [0.5, 0.6) is 0 Å². The van der Waals surface area contributed by atoms with Crippen LogP contribution in [0.1, 0.15) is 18.4 Å². The fraction of sp³-hybridized carbons (Fsp3) is 0.389. The van der Waals surface area contributed by atoms with Crippen LogP contribution in [0.15, 0.2) is 47.7 Å². The maximum atomic E-state index is 12.2. The summed E-state index contributed by atoms with van der Waals surface area (Å²) in [5, 5.41) is 11.9. The maximum absolute atomic E-state index is 12.2. The summed E-state index contributed by atoms with van der Waals surface area (Å²) in [7, 11) is 0. The van der Waals surface area contributed by atoms with Gasteiger partial charge in [-0.15, -0.1) is 0 Å². The molecule has 1 aromatic rings. The zero-order valence-corrected chi connectivity index (χ0v) is 13.4. The van der Waals surface area contributed by atoms with Crippen LogP contribution in [0, 0.1) is 6.92 Å². The molecule has 124 valence electrons. The first-order valence-electron chi connectivity index (χ1n) is 7.80. The Hall–Kier alpha value is -2.11. The van der Waals surface area contributed by atoms with E-state index in [2.05, 4.69) is 5.32 Å². The Kier molecular flexibility index (Phi) is 6.84. The maximum Gasteiger partial charge on any atom is 0.339 e. The van der Waals surface area contributed by atoms with E-state index in [9.17, 15) is 4.79 Å². The van der Waals surface area contributed by atoms with Crippen molar-refractivity contribution >= 4 is 11.7 Å². The molecule has 0 bridgehead atoms. The fourth-order valence-electron chi connectivity index (χ4n) is 2.32. The quantitative estimate of drug-likeness (QED) is 0.570. The third-order valence-corrected chi connectivity index (χ3v) is 3.40. The number of carbonyl (C=O) groups is 1. The van der Waals surface area contributed by atoms with Crippen molar-refractivity contribution in [3.63, 3.8) is 0 Å². The third kappa shape index (κ3) is 5.54. The van der Waals surface area contributed by atoms with Crippen molar-refractivity contribution in [2.24, 2.45) is 0 Å². The molecule has 5 nitrogen and oxygen atoms in total. The van der Waals surface area contributed by atoms with E-state index in [1.54, 1.807) is 6.08 Å². The lowest BCUT2D eigenvalue weighted by molar-refractivity contribution is -0.140. The van der Waals surface area contributed by atoms with Gasteiger partial charge in [-0.05, 0) is 43.5 Å². The highest BCUT2D eigenvalue weighted by Crippen LogP contribution is 2.23. The summed E-state index contributed by atoms with van der Waals surface area (Å²) in [5.41, 5.74) is 3.55. The number of rotatable bonds is 8. The van der Waals surface area contributed by atoms with Gasteiger partial charge in [0.2, 0.25) is 0 Å². The second-order valence-corrected chi connectivity index (χ2v) is 5.30. The zero-order valence-electron chi connectivity index (χ0n) is 13.4. The monoisotopic (exact) mass is 317 g/mol. The number of benzene rings is 1. The first-order chi connectivity index (χ1) is 11.2. The predicted molar refractivity (Wildman–Crippen MR) is 89.1 cm³/mol. The van der Waals surface area contributed by atoms with Gasteiger partial charge < -0.3 is 19.9 Å². The van der Waals surface area contributed by atoms with Crippen molar-refractivity contribution in [2.45, 2.75) is 19.8 Å². The Morgan fingerprint density at radius 1 is 1.30 bits per heavy atom. The zero-order chi connectivity index (χ0) is 16.5. The van der Waals surface area contributed by atoms with Crippen LogP contribution in [0.3, 0.4) is 0 Å². The van der Waals surface area contributed by atoms with Crippen molar-refractivity contribution in [3.8, 4) is 0 Å². The number of esters is 1. The SMILES string of the molecule is Cc1cccc(NC2=C(C(=O)OCCOCCO)C=CCC2)c1. The number of aryl methyl sites for hydroxylation is 1. The predicted octanol–water partition coefficient (Wildman–Crippen LogP) is 2.56. The molecular weight excluding hydrogens is 294 g/mol. The Balaban J connectivity index is 1.99. The minimum atomic E-state index is -0.358. The van der Waals surface area contributed by atoms with Gasteiger partial charge in [-0.25, -0.2) is 4.79 Å². The van der Waals surface area contributed by atoms with Gasteiger partial charge in [0.05, 0.1) is 25.4 Å². The lowest BCUT2D eigenvalue weighted by atomic mass is 10.0. The van der Waals surface area contributed by atoms with Gasteiger partial charge in [-0.2, -0.15) is 0 Å². The average Bonchev–Trinajstić information content (AvgIpc) is 2.55. The number of nitrogens with one attached hydrogen (secondary N) is 1. The molecule has 1 aliphatic rings. The topological polar surface area (TPSA) is 67.8 Å². The molecule has 2 rings (SSSR count). The van der Waals surface area contributed by atoms with Crippen molar-refractivity contribution in [1.82, 2.24) is 0 Å². The highest BCUT2D eigenvalue weighted by Gasteiger charge is 2.17. The summed E-state index contributed by atoms with van der Waals surface area (Å²) in [4.78, 5) is 12.2. The van der Waals surface area contributed by atoms with E-state index in [1.165, 1.54) is 0 Å². The number of ether oxygens (including phenoxy) is 2. The van der Waals surface area contributed by atoms with E-state index < -0.39 is 0 Å². The molecule has 0 unspecified atom stereocenters. The number of hydrogen-bond donors (Lipinski definition) is 2. The summed E-state index contributed by atoms with van der Waals surface area (Å²) < 4.78 is 10.3. The minimum Gasteiger partial charge on any atom is -0.460 e. The van der Waals surface area contributed by atoms with Gasteiger partial charge in [0.15, 0.2) is 0 Å². The molecule has 0 amide bonds. The largest absolute Gasteiger partial charge is 0.460 e. The average molecular weight is 317 g/mol. The molecule has 0 fully saturated rings. The van der Waals surface area contributed by atoms with E-state index in [-0.39, 0.29) is 32.4 Å². The number of anilines is 1. The third-order valence-electron chi connectivity index (χ3n) is 3.40. The molecule has 0 radical (unpaired) electrons. The van der Waals surface area contributed by atoms with Crippen molar-refractivity contribution in [1.29, 1.82) is 0 Å². The Morgan fingerprint density at radius 2 is 2.17 bits per heavy atom. The molecule has 1 aliphatic carbocycles. The van der Waals surface area contributed by atoms with Crippen LogP contribution in [-0.2, 0) is 14.3 Å². The first-order valence-corrected chi connectivity index (χ1v) is 7.80. The van der Waals surface area contributed by atoms with E-state index in [0.717, 1.165) is 29.8 Å². The van der Waals surface area contributed by atoms with Gasteiger partial charge in [0, 0.05) is 11.4 Å². The van der Waals surface area contributed by atoms with E-state index in [0.29, 0.717) is 5.57 Å². The van der Waals surface area contributed by atoms with E-state index in [1.807, 2.05) is 37.3 Å². The van der Waals surface area contributed by atoms with Crippen molar-refractivity contribution in [2.75, 3.05) is 31.7 Å². The van der Waals surface area contributed by atoms with Crippen LogP contribution in [0.2, 0.25) is 0 Å². The number of hydrogen-bond acceptors (Lipinski definition) is 5. The van der Waals surface area contributed by atoms with Crippen molar-refractivity contribution < 1.29 is 19.4 Å². The molecule has 2 N–H and O–H groups in total. The standard InChI is InChI=1S/C18H23NO4/c1-14-5-4-6-15(13-14)19-17-8-3-2-7-16(17)18(21)23-12-11-22-10-9-20/h2,4-7,13,19-20H,3,8-12H2,1H3. The molecule has 0 spiro atoms. The molecule has 1 aromatic carbocycles. The van der Waals surface area contributed by atoms with Gasteiger partial charge in [-0.3, -0.25) is 0 Å². The fourth-order valence-corrected chi connectivity index (χ4v) is 2.32. The second-order valence-electron chi connectivity index (χ2n) is 5.30. The normalized spacial score (nSPS) is 14.0. The smallest absolute Gasteiger partial charge is 0.339 e. The highest BCUT2D eigenvalue weighted by molar-refractivity contribution is 5.93. The summed E-state index contributed by atoms with van der Waals surface area (Å²) in [6.45, 7) is 2.70. The Bertz CT molecular complexity index is 592. The molecule has 0 saturated carbocycles. The second kappa shape index (κ2) is 9.12. The van der Waals surface area contributed by atoms with E-state index >= 15 is 0 Å². The highest BCUT2D eigenvalue weighted by atomic mass is 16.6. The molecule has 0 saturated heterocycles. The van der Waals surface area contributed by atoms with Crippen LogP contribution in [-0.4, -0.2) is 37.5 Å². The molecule has 23 heavy (non-hydrogen) atoms. The molecule has 0 atom stereocenters. The van der Waals surface area contributed by atoms with Crippen molar-refractivity contribution in [3.05, 3.63) is 53.3 Å². The van der Waals surface area contributed by atoms with Gasteiger partial charge in [0.25, 0.3) is 0 Å². The van der Waals surface area contributed by atoms with E-state index in [4.69, 9.17) is 14.6 Å². The van der Waals surface area contributed by atoms with Crippen LogP contribution in [0.25, 0.3) is 0 Å². The lowest BCUT2D eigenvalue weighted by Gasteiger charge is -2.17. The first kappa shape index (κ1) is 17.2. The summed E-state index contributed by atoms with van der Waals surface area (Å²) in [5.74, 6) is -0.358. The van der Waals surface area contributed by atoms with Gasteiger partial charge >= 0.3 is 5.97 Å². The molecular formula is C18H23NO4. The van der Waals surface area contributed by atoms with Crippen LogP contribution >= 0.6 is 0 Å². The van der Waals surface area contributed by atoms with Gasteiger partial charge in [0.1, 0.15) is 6.61 Å². The van der Waals surface area contributed by atoms with Crippen LogP contribution < -0.4 is 5.32 Å². The number of carbonyl (C=O) groups excluding carboxylic acids is 1. The molecule has 0 aliphatic heterocycles. The van der Waals surface area contributed by atoms with Crippen LogP contribution in [0.4, 0.5) is 5.69 Å². The Labute approximate surface area is 136 Å². The summed E-state index contributed by atoms with van der Waals surface area (Å²) in [6.07, 6.45) is 5.44. The molecule has 0 heterocycles. The summed E-state index contributed by atoms with van der Waals surface area (Å²) in [6, 6.07) is 8.02. The molecule has 5 heteroatoms. The number of aliphatic hydroxyl groups is 1. The minimum absolute atomic E-state index is 0.0353. The Morgan fingerprint density at radius 3 is 2.96 bits per heavy atom. The van der Waals surface area contributed by atoms with Gasteiger partial charge in [-0.1, -0.05) is 18.2 Å². The molecule has 0 aromatic heterocycles.